The number of anilines is 1. The summed E-state index contributed by atoms with van der Waals surface area (Å²) in [4.78, 5) is 24.8. The summed E-state index contributed by atoms with van der Waals surface area (Å²) in [6, 6.07) is 8.01. The molecule has 0 radical (unpaired) electrons. The lowest BCUT2D eigenvalue weighted by molar-refractivity contribution is -0.142. The molecular weight excluding hydrogens is 292 g/mol. The zero-order valence-electron chi connectivity index (χ0n) is 13.6. The Morgan fingerprint density at radius 1 is 1.26 bits per heavy atom. The quantitative estimate of drug-likeness (QED) is 0.931. The minimum absolute atomic E-state index is 0.236. The number of aromatic nitrogens is 2. The Kier molecular flexibility index (Phi) is 4.43. The lowest BCUT2D eigenvalue weighted by atomic mass is 9.97. The van der Waals surface area contributed by atoms with Crippen molar-refractivity contribution in [1.82, 2.24) is 14.9 Å². The predicted molar refractivity (Wildman–Crippen MR) is 89.5 cm³/mol. The van der Waals surface area contributed by atoms with Crippen LogP contribution < -0.4 is 4.90 Å². The van der Waals surface area contributed by atoms with Crippen molar-refractivity contribution in [3.8, 4) is 0 Å². The molecule has 1 aromatic carbocycles. The first-order valence-corrected chi connectivity index (χ1v) is 7.92. The van der Waals surface area contributed by atoms with E-state index in [1.165, 1.54) is 0 Å². The molecule has 0 spiro atoms. The van der Waals surface area contributed by atoms with Crippen molar-refractivity contribution in [3.05, 3.63) is 30.1 Å². The van der Waals surface area contributed by atoms with E-state index in [-0.39, 0.29) is 5.92 Å². The van der Waals surface area contributed by atoms with Gasteiger partial charge in [0.05, 0.1) is 18.0 Å². The second-order valence-electron chi connectivity index (χ2n) is 6.32. The second-order valence-corrected chi connectivity index (χ2v) is 6.32. The molecule has 6 nitrogen and oxygen atoms in total. The number of aliphatic carboxylic acids is 1. The van der Waals surface area contributed by atoms with Crippen molar-refractivity contribution in [2.75, 3.05) is 32.1 Å². The molecule has 1 aromatic heterocycles. The van der Waals surface area contributed by atoms with Gasteiger partial charge in [0, 0.05) is 18.5 Å². The Bertz CT molecular complexity index is 709. The molecule has 1 N–H and O–H groups in total. The minimum Gasteiger partial charge on any atom is -0.481 e. The highest BCUT2D eigenvalue weighted by atomic mass is 16.4. The summed E-state index contributed by atoms with van der Waals surface area (Å²) in [6.07, 6.45) is 1.33. The second kappa shape index (κ2) is 6.50. The van der Waals surface area contributed by atoms with Gasteiger partial charge in [-0.05, 0) is 39.1 Å². The van der Waals surface area contributed by atoms with E-state index in [0.29, 0.717) is 19.4 Å². The number of hydrogen-bond donors (Lipinski definition) is 1. The molecular formula is C17H22N4O2. The first-order chi connectivity index (χ1) is 11.0. The van der Waals surface area contributed by atoms with Crippen molar-refractivity contribution in [3.63, 3.8) is 0 Å². The van der Waals surface area contributed by atoms with Crippen LogP contribution in [0.3, 0.4) is 0 Å². The molecule has 1 aliphatic rings. The highest BCUT2D eigenvalue weighted by Gasteiger charge is 2.26. The average Bonchev–Trinajstić information content (AvgIpc) is 2.53. The molecule has 6 heteroatoms. The first-order valence-electron chi connectivity index (χ1n) is 7.92. The third-order valence-corrected chi connectivity index (χ3v) is 4.23. The van der Waals surface area contributed by atoms with Crippen LogP contribution in [-0.4, -0.2) is 53.1 Å². The van der Waals surface area contributed by atoms with Crippen LogP contribution in [0, 0.1) is 5.92 Å². The Morgan fingerprint density at radius 3 is 2.61 bits per heavy atom. The standard InChI is InChI=1S/C17H22N4O2/c1-20(2)11-15-18-14-6-4-3-5-13(14)16(19-15)21-9-7-12(8-10-21)17(22)23/h3-6,12H,7-11H2,1-2H3,(H,22,23). The van der Waals surface area contributed by atoms with Gasteiger partial charge in [-0.3, -0.25) is 4.79 Å². The molecule has 1 aliphatic heterocycles. The van der Waals surface area contributed by atoms with Gasteiger partial charge in [0.25, 0.3) is 0 Å². The Labute approximate surface area is 135 Å². The highest BCUT2D eigenvalue weighted by Crippen LogP contribution is 2.28. The molecule has 0 aliphatic carbocycles. The minimum atomic E-state index is -0.689. The fourth-order valence-electron chi connectivity index (χ4n) is 3.04. The molecule has 0 bridgehead atoms. The number of carboxylic acids is 1. The van der Waals surface area contributed by atoms with Gasteiger partial charge in [-0.25, -0.2) is 9.97 Å². The Hall–Kier alpha value is -2.21. The number of benzene rings is 1. The first kappa shape index (κ1) is 15.7. The summed E-state index contributed by atoms with van der Waals surface area (Å²) < 4.78 is 0. The lowest BCUT2D eigenvalue weighted by Crippen LogP contribution is -2.37. The summed E-state index contributed by atoms with van der Waals surface area (Å²) >= 11 is 0. The van der Waals surface area contributed by atoms with Crippen molar-refractivity contribution in [2.45, 2.75) is 19.4 Å². The third-order valence-electron chi connectivity index (χ3n) is 4.23. The van der Waals surface area contributed by atoms with Crippen LogP contribution in [-0.2, 0) is 11.3 Å². The van der Waals surface area contributed by atoms with Crippen LogP contribution in [0.1, 0.15) is 18.7 Å². The van der Waals surface area contributed by atoms with Crippen LogP contribution in [0.5, 0.6) is 0 Å². The summed E-state index contributed by atoms with van der Waals surface area (Å²) in [7, 11) is 3.99. The molecule has 1 fully saturated rings. The largest absolute Gasteiger partial charge is 0.481 e. The van der Waals surface area contributed by atoms with Crippen LogP contribution in [0.4, 0.5) is 5.82 Å². The molecule has 23 heavy (non-hydrogen) atoms. The topological polar surface area (TPSA) is 69.6 Å². The van der Waals surface area contributed by atoms with Crippen molar-refractivity contribution >= 4 is 22.7 Å². The maximum absolute atomic E-state index is 11.1. The molecule has 3 rings (SSSR count). The van der Waals surface area contributed by atoms with E-state index in [1.807, 2.05) is 43.3 Å². The van der Waals surface area contributed by atoms with Crippen LogP contribution in [0.25, 0.3) is 10.9 Å². The van der Waals surface area contributed by atoms with Gasteiger partial charge in [0.1, 0.15) is 11.6 Å². The molecule has 0 amide bonds. The molecule has 122 valence electrons. The Morgan fingerprint density at radius 2 is 1.96 bits per heavy atom. The maximum Gasteiger partial charge on any atom is 0.306 e. The maximum atomic E-state index is 11.1. The van der Waals surface area contributed by atoms with Crippen molar-refractivity contribution in [1.29, 1.82) is 0 Å². The zero-order valence-corrected chi connectivity index (χ0v) is 13.6. The number of nitrogens with zero attached hydrogens (tertiary/aromatic N) is 4. The smallest absolute Gasteiger partial charge is 0.306 e. The van der Waals surface area contributed by atoms with E-state index in [1.54, 1.807) is 0 Å². The van der Waals surface area contributed by atoms with Crippen molar-refractivity contribution < 1.29 is 9.90 Å². The van der Waals surface area contributed by atoms with E-state index in [2.05, 4.69) is 9.88 Å². The van der Waals surface area contributed by atoms with Crippen LogP contribution in [0.2, 0.25) is 0 Å². The van der Waals surface area contributed by atoms with Gasteiger partial charge >= 0.3 is 5.97 Å². The number of fused-ring (bicyclic) bond motifs is 1. The zero-order chi connectivity index (χ0) is 16.4. The highest BCUT2D eigenvalue weighted by molar-refractivity contribution is 5.89. The molecule has 0 atom stereocenters. The van der Waals surface area contributed by atoms with Crippen LogP contribution in [0.15, 0.2) is 24.3 Å². The SMILES string of the molecule is CN(C)Cc1nc(N2CCC(C(=O)O)CC2)c2ccccc2n1. The fourth-order valence-corrected chi connectivity index (χ4v) is 3.04. The Balaban J connectivity index is 1.94. The van der Waals surface area contributed by atoms with E-state index < -0.39 is 5.97 Å². The van der Waals surface area contributed by atoms with E-state index >= 15 is 0 Å². The average molecular weight is 314 g/mol. The number of hydrogen-bond acceptors (Lipinski definition) is 5. The predicted octanol–water partition coefficient (Wildman–Crippen LogP) is 1.99. The van der Waals surface area contributed by atoms with Gasteiger partial charge in [0.2, 0.25) is 0 Å². The van der Waals surface area contributed by atoms with Gasteiger partial charge in [-0.1, -0.05) is 12.1 Å². The number of rotatable bonds is 4. The summed E-state index contributed by atoms with van der Waals surface area (Å²) in [5.74, 6) is 0.798. The monoisotopic (exact) mass is 314 g/mol. The van der Waals surface area contributed by atoms with Gasteiger partial charge in [-0.15, -0.1) is 0 Å². The summed E-state index contributed by atoms with van der Waals surface area (Å²) in [5.41, 5.74) is 0.940. The fraction of sp³-hybridized carbons (Fsp3) is 0.471. The van der Waals surface area contributed by atoms with Crippen molar-refractivity contribution in [2.24, 2.45) is 5.92 Å². The molecule has 1 saturated heterocycles. The van der Waals surface area contributed by atoms with Gasteiger partial charge in [0.15, 0.2) is 0 Å². The molecule has 0 saturated carbocycles. The molecule has 2 aromatic rings. The van der Waals surface area contributed by atoms with Gasteiger partial charge in [-0.2, -0.15) is 0 Å². The molecule has 0 unspecified atom stereocenters. The normalized spacial score (nSPS) is 16.2. The number of carbonyl (C=O) groups is 1. The van der Waals surface area contributed by atoms with E-state index in [0.717, 1.165) is 35.6 Å². The number of carboxylic acid groups (broad SMARTS) is 1. The summed E-state index contributed by atoms with van der Waals surface area (Å²) in [5, 5.41) is 10.2. The lowest BCUT2D eigenvalue weighted by Gasteiger charge is -2.32. The third kappa shape index (κ3) is 3.42. The van der Waals surface area contributed by atoms with E-state index in [4.69, 9.17) is 10.1 Å². The van der Waals surface area contributed by atoms with Gasteiger partial charge < -0.3 is 14.9 Å². The summed E-state index contributed by atoms with van der Waals surface area (Å²) in [6.45, 7) is 2.13. The molecule has 2 heterocycles. The van der Waals surface area contributed by atoms with E-state index in [9.17, 15) is 4.79 Å². The van der Waals surface area contributed by atoms with Crippen LogP contribution >= 0.6 is 0 Å². The number of piperidine rings is 1. The number of para-hydroxylation sites is 1.